The number of nitrogens with one attached hydrogen (secondary N) is 1. The molecule has 0 saturated carbocycles. The molecular formula is C15H19N3OS. The quantitative estimate of drug-likeness (QED) is 0.924. The number of carbonyl (C=O) groups is 1. The van der Waals surface area contributed by atoms with Crippen LogP contribution in [0.1, 0.15) is 47.2 Å². The van der Waals surface area contributed by atoms with Gasteiger partial charge in [-0.3, -0.25) is 9.48 Å². The van der Waals surface area contributed by atoms with Crippen molar-refractivity contribution in [3.8, 4) is 0 Å². The zero-order chi connectivity index (χ0) is 14.3. The number of aromatic nitrogens is 2. The molecule has 0 aromatic carbocycles. The van der Waals surface area contributed by atoms with Gasteiger partial charge in [0.2, 0.25) is 0 Å². The van der Waals surface area contributed by atoms with Crippen molar-refractivity contribution in [3.63, 3.8) is 0 Å². The van der Waals surface area contributed by atoms with Crippen LogP contribution in [-0.4, -0.2) is 15.7 Å². The lowest BCUT2D eigenvalue weighted by Crippen LogP contribution is -2.36. The van der Waals surface area contributed by atoms with Crippen LogP contribution in [0.2, 0.25) is 0 Å². The Hall–Kier alpha value is -1.62. The summed E-state index contributed by atoms with van der Waals surface area (Å²) in [5.74, 6) is 0.0116. The highest BCUT2D eigenvalue weighted by molar-refractivity contribution is 7.12. The van der Waals surface area contributed by atoms with E-state index in [0.717, 1.165) is 23.3 Å². The zero-order valence-corrected chi connectivity index (χ0v) is 12.8. The van der Waals surface area contributed by atoms with E-state index in [4.69, 9.17) is 0 Å². The van der Waals surface area contributed by atoms with E-state index in [2.05, 4.69) is 24.3 Å². The van der Waals surface area contributed by atoms with Gasteiger partial charge in [-0.25, -0.2) is 0 Å². The summed E-state index contributed by atoms with van der Waals surface area (Å²) >= 11 is 1.47. The molecule has 106 valence electrons. The number of rotatable bonds is 2. The minimum atomic E-state index is 0.0116. The number of amides is 1. The molecule has 0 fully saturated rings. The van der Waals surface area contributed by atoms with Crippen molar-refractivity contribution in [2.24, 2.45) is 12.5 Å². The largest absolute Gasteiger partial charge is 0.344 e. The summed E-state index contributed by atoms with van der Waals surface area (Å²) in [4.78, 5) is 13.0. The minimum absolute atomic E-state index is 0.0116. The zero-order valence-electron chi connectivity index (χ0n) is 12.0. The maximum Gasteiger partial charge on any atom is 0.261 e. The normalized spacial score (nSPS) is 20.4. The van der Waals surface area contributed by atoms with Gasteiger partial charge in [0.05, 0.1) is 17.1 Å². The van der Waals surface area contributed by atoms with Gasteiger partial charge in [-0.05, 0) is 29.7 Å². The van der Waals surface area contributed by atoms with Gasteiger partial charge in [-0.2, -0.15) is 5.10 Å². The molecule has 3 rings (SSSR count). The van der Waals surface area contributed by atoms with Crippen LogP contribution in [0.15, 0.2) is 23.7 Å². The Balaban J connectivity index is 1.88. The minimum Gasteiger partial charge on any atom is -0.344 e. The second-order valence-electron chi connectivity index (χ2n) is 6.22. The highest BCUT2D eigenvalue weighted by Crippen LogP contribution is 2.40. The Morgan fingerprint density at radius 1 is 1.55 bits per heavy atom. The summed E-state index contributed by atoms with van der Waals surface area (Å²) in [6.07, 6.45) is 3.84. The predicted octanol–water partition coefficient (Wildman–Crippen LogP) is 2.93. The van der Waals surface area contributed by atoms with E-state index in [0.29, 0.717) is 0 Å². The Bertz CT molecular complexity index is 628. The second-order valence-corrected chi connectivity index (χ2v) is 7.17. The number of nitrogens with zero attached hydrogens (tertiary/aromatic N) is 2. The monoisotopic (exact) mass is 289 g/mol. The highest BCUT2D eigenvalue weighted by Gasteiger charge is 2.35. The third kappa shape index (κ3) is 2.38. The van der Waals surface area contributed by atoms with Crippen LogP contribution < -0.4 is 5.32 Å². The average molecular weight is 289 g/mol. The first-order chi connectivity index (χ1) is 9.46. The van der Waals surface area contributed by atoms with Crippen LogP contribution in [0.5, 0.6) is 0 Å². The maximum absolute atomic E-state index is 12.3. The molecule has 2 heterocycles. The fourth-order valence-electron chi connectivity index (χ4n) is 2.94. The molecule has 2 aromatic heterocycles. The Kier molecular flexibility index (Phi) is 3.17. The number of hydrogen-bond donors (Lipinski definition) is 1. The molecule has 2 aromatic rings. The number of fused-ring (bicyclic) bond motifs is 1. The van der Waals surface area contributed by atoms with Crippen molar-refractivity contribution in [2.75, 3.05) is 0 Å². The smallest absolute Gasteiger partial charge is 0.261 e. The van der Waals surface area contributed by atoms with Crippen molar-refractivity contribution in [2.45, 2.75) is 32.7 Å². The molecule has 0 radical (unpaired) electrons. The van der Waals surface area contributed by atoms with Gasteiger partial charge >= 0.3 is 0 Å². The van der Waals surface area contributed by atoms with Crippen molar-refractivity contribution in [1.29, 1.82) is 0 Å². The third-order valence-corrected chi connectivity index (χ3v) is 4.79. The molecule has 1 aliphatic rings. The van der Waals surface area contributed by atoms with Gasteiger partial charge in [-0.1, -0.05) is 19.9 Å². The molecule has 4 nitrogen and oxygen atoms in total. The maximum atomic E-state index is 12.3. The molecule has 0 aliphatic heterocycles. The van der Waals surface area contributed by atoms with E-state index in [1.807, 2.05) is 35.4 Å². The highest BCUT2D eigenvalue weighted by atomic mass is 32.1. The molecule has 0 saturated heterocycles. The lowest BCUT2D eigenvalue weighted by Gasteiger charge is -2.35. The summed E-state index contributed by atoms with van der Waals surface area (Å²) in [7, 11) is 1.97. The lowest BCUT2D eigenvalue weighted by atomic mass is 9.74. The molecular weight excluding hydrogens is 270 g/mol. The van der Waals surface area contributed by atoms with Gasteiger partial charge in [-0.15, -0.1) is 11.3 Å². The molecule has 0 bridgehead atoms. The number of thiophene rings is 1. The summed E-state index contributed by atoms with van der Waals surface area (Å²) in [5.41, 5.74) is 2.57. The van der Waals surface area contributed by atoms with E-state index in [1.165, 1.54) is 17.0 Å². The van der Waals surface area contributed by atoms with Crippen LogP contribution in [0.25, 0.3) is 0 Å². The van der Waals surface area contributed by atoms with Crippen molar-refractivity contribution in [3.05, 3.63) is 39.8 Å². The van der Waals surface area contributed by atoms with E-state index < -0.39 is 0 Å². The summed E-state index contributed by atoms with van der Waals surface area (Å²) < 4.78 is 1.93. The summed E-state index contributed by atoms with van der Waals surface area (Å²) in [5, 5.41) is 9.44. The molecule has 5 heteroatoms. The van der Waals surface area contributed by atoms with Gasteiger partial charge < -0.3 is 5.32 Å². The predicted molar refractivity (Wildman–Crippen MR) is 79.8 cm³/mol. The van der Waals surface area contributed by atoms with E-state index in [1.54, 1.807) is 0 Å². The summed E-state index contributed by atoms with van der Waals surface area (Å²) in [6.45, 7) is 4.49. The first kappa shape index (κ1) is 13.4. The van der Waals surface area contributed by atoms with Crippen LogP contribution >= 0.6 is 11.3 Å². The first-order valence-electron chi connectivity index (χ1n) is 6.81. The molecule has 1 amide bonds. The van der Waals surface area contributed by atoms with Crippen LogP contribution in [0.3, 0.4) is 0 Å². The number of aryl methyl sites for hydroxylation is 1. The second kappa shape index (κ2) is 4.74. The van der Waals surface area contributed by atoms with E-state index in [-0.39, 0.29) is 17.4 Å². The van der Waals surface area contributed by atoms with E-state index >= 15 is 0 Å². The van der Waals surface area contributed by atoms with Crippen LogP contribution in [0.4, 0.5) is 0 Å². The number of hydrogen-bond acceptors (Lipinski definition) is 3. The van der Waals surface area contributed by atoms with Crippen molar-refractivity contribution in [1.82, 2.24) is 15.1 Å². The Morgan fingerprint density at radius 2 is 2.35 bits per heavy atom. The SMILES string of the molecule is Cn1ncc2c1CC(C)(C)C[C@H]2NC(=O)c1cccs1. The lowest BCUT2D eigenvalue weighted by molar-refractivity contribution is 0.0923. The molecule has 1 N–H and O–H groups in total. The van der Waals surface area contributed by atoms with Crippen molar-refractivity contribution < 1.29 is 4.79 Å². The van der Waals surface area contributed by atoms with E-state index in [9.17, 15) is 4.79 Å². The Labute approximate surface area is 122 Å². The molecule has 0 spiro atoms. The van der Waals surface area contributed by atoms with Gasteiger partial charge in [0.1, 0.15) is 0 Å². The molecule has 20 heavy (non-hydrogen) atoms. The Morgan fingerprint density at radius 3 is 3.05 bits per heavy atom. The molecule has 0 unspecified atom stereocenters. The van der Waals surface area contributed by atoms with Gasteiger partial charge in [0.25, 0.3) is 5.91 Å². The molecule has 1 aliphatic carbocycles. The number of carbonyl (C=O) groups excluding carboxylic acids is 1. The average Bonchev–Trinajstić information content (AvgIpc) is 2.99. The molecule has 1 atom stereocenters. The topological polar surface area (TPSA) is 46.9 Å². The van der Waals surface area contributed by atoms with Gasteiger partial charge in [0.15, 0.2) is 0 Å². The summed E-state index contributed by atoms with van der Waals surface area (Å²) in [6, 6.07) is 3.81. The van der Waals surface area contributed by atoms with Crippen molar-refractivity contribution >= 4 is 17.2 Å². The van der Waals surface area contributed by atoms with Crippen LogP contribution in [-0.2, 0) is 13.5 Å². The van der Waals surface area contributed by atoms with Gasteiger partial charge in [0, 0.05) is 18.3 Å². The van der Waals surface area contributed by atoms with Crippen LogP contribution in [0, 0.1) is 5.41 Å². The first-order valence-corrected chi connectivity index (χ1v) is 7.69. The standard InChI is InChI=1S/C15H19N3OS/c1-15(2)7-11(10-9-16-18(3)12(10)8-15)17-14(19)13-5-4-6-20-13/h4-6,9,11H,7-8H2,1-3H3,(H,17,19)/t11-/m1/s1. The fourth-order valence-corrected chi connectivity index (χ4v) is 3.57. The fraction of sp³-hybridized carbons (Fsp3) is 0.467. The third-order valence-electron chi connectivity index (χ3n) is 3.92.